The summed E-state index contributed by atoms with van der Waals surface area (Å²) in [5.41, 5.74) is 6.44. The molecule has 0 saturated carbocycles. The van der Waals surface area contributed by atoms with Gasteiger partial charge >= 0.3 is 0 Å². The third-order valence-corrected chi connectivity index (χ3v) is 5.26. The van der Waals surface area contributed by atoms with E-state index in [1.54, 1.807) is 25.6 Å². The fraction of sp³-hybridized carbons (Fsp3) is 0.308. The maximum Gasteiger partial charge on any atom is 0.231 e. The molecule has 2 aromatic heterocycles. The van der Waals surface area contributed by atoms with Crippen molar-refractivity contribution >= 4 is 29.7 Å². The maximum atomic E-state index is 8.22. The van der Waals surface area contributed by atoms with Gasteiger partial charge in [-0.1, -0.05) is 50.7 Å². The van der Waals surface area contributed by atoms with Crippen LogP contribution in [0.25, 0.3) is 12.2 Å². The summed E-state index contributed by atoms with van der Waals surface area (Å²) in [4.78, 5) is 8.96. The Morgan fingerprint density at radius 2 is 2.06 bits per heavy atom. The molecule has 0 bridgehead atoms. The molecule has 0 aliphatic rings. The van der Waals surface area contributed by atoms with E-state index in [1.807, 2.05) is 44.2 Å². The SMILES string of the molecule is C=Cc1c(/C=C(/CC)COC)ncnc1Cc1cccc(NC(=N)Nc2cc(C(C)C)no2)c1. The third-order valence-electron chi connectivity index (χ3n) is 5.26. The zero-order valence-corrected chi connectivity index (χ0v) is 20.2. The van der Waals surface area contributed by atoms with Crippen LogP contribution in [0.2, 0.25) is 0 Å². The van der Waals surface area contributed by atoms with E-state index in [-0.39, 0.29) is 11.9 Å². The summed E-state index contributed by atoms with van der Waals surface area (Å²) in [5, 5.41) is 18.2. The second kappa shape index (κ2) is 11.9. The van der Waals surface area contributed by atoms with Crippen LogP contribution in [0, 0.1) is 5.41 Å². The van der Waals surface area contributed by atoms with E-state index < -0.39 is 0 Å². The van der Waals surface area contributed by atoms with Crippen LogP contribution in [0.5, 0.6) is 0 Å². The van der Waals surface area contributed by atoms with Gasteiger partial charge in [-0.25, -0.2) is 9.97 Å². The van der Waals surface area contributed by atoms with Gasteiger partial charge < -0.3 is 14.6 Å². The van der Waals surface area contributed by atoms with Gasteiger partial charge in [-0.3, -0.25) is 10.7 Å². The number of nitrogens with zero attached hydrogens (tertiary/aromatic N) is 3. The normalized spacial score (nSPS) is 11.5. The Kier molecular flexibility index (Phi) is 8.70. The lowest BCUT2D eigenvalue weighted by atomic mass is 10.0. The monoisotopic (exact) mass is 460 g/mol. The van der Waals surface area contributed by atoms with Crippen LogP contribution in [-0.4, -0.2) is 34.8 Å². The van der Waals surface area contributed by atoms with Crippen molar-refractivity contribution < 1.29 is 9.26 Å². The van der Waals surface area contributed by atoms with E-state index in [2.05, 4.69) is 39.3 Å². The molecule has 0 radical (unpaired) electrons. The number of nitrogens with one attached hydrogen (secondary N) is 3. The minimum absolute atomic E-state index is 0.0927. The highest BCUT2D eigenvalue weighted by molar-refractivity contribution is 6.00. The Morgan fingerprint density at radius 3 is 2.74 bits per heavy atom. The van der Waals surface area contributed by atoms with Crippen LogP contribution < -0.4 is 10.6 Å². The van der Waals surface area contributed by atoms with Gasteiger partial charge in [0.1, 0.15) is 6.33 Å². The lowest BCUT2D eigenvalue weighted by molar-refractivity contribution is 0.224. The molecule has 0 saturated heterocycles. The number of guanidine groups is 1. The Balaban J connectivity index is 1.74. The Hall–Kier alpha value is -3.78. The zero-order chi connectivity index (χ0) is 24.5. The van der Waals surface area contributed by atoms with Gasteiger partial charge in [-0.15, -0.1) is 0 Å². The highest BCUT2D eigenvalue weighted by Crippen LogP contribution is 2.21. The highest BCUT2D eigenvalue weighted by Gasteiger charge is 2.11. The molecule has 8 heteroatoms. The van der Waals surface area contributed by atoms with Crippen molar-refractivity contribution in [2.24, 2.45) is 0 Å². The molecule has 34 heavy (non-hydrogen) atoms. The van der Waals surface area contributed by atoms with Gasteiger partial charge in [0.25, 0.3) is 0 Å². The van der Waals surface area contributed by atoms with Gasteiger partial charge in [0.15, 0.2) is 5.96 Å². The van der Waals surface area contributed by atoms with Gasteiger partial charge in [0, 0.05) is 30.8 Å². The van der Waals surface area contributed by atoms with Crippen LogP contribution in [0.4, 0.5) is 11.6 Å². The summed E-state index contributed by atoms with van der Waals surface area (Å²) in [6.07, 6.45) is 6.91. The van der Waals surface area contributed by atoms with Crippen molar-refractivity contribution in [3.05, 3.63) is 77.0 Å². The fourth-order valence-electron chi connectivity index (χ4n) is 3.42. The van der Waals surface area contributed by atoms with Crippen molar-refractivity contribution in [2.75, 3.05) is 24.4 Å². The molecule has 0 spiro atoms. The molecule has 1 aromatic carbocycles. The number of benzene rings is 1. The lowest BCUT2D eigenvalue weighted by Crippen LogP contribution is -2.20. The Labute approximate surface area is 200 Å². The van der Waals surface area contributed by atoms with Crippen molar-refractivity contribution in [3.63, 3.8) is 0 Å². The lowest BCUT2D eigenvalue weighted by Gasteiger charge is -2.12. The van der Waals surface area contributed by atoms with Crippen molar-refractivity contribution in [3.8, 4) is 0 Å². The first-order valence-electron chi connectivity index (χ1n) is 11.3. The van der Waals surface area contributed by atoms with E-state index in [1.165, 1.54) is 0 Å². The molecule has 3 aromatic rings. The number of hydrogen-bond acceptors (Lipinski definition) is 6. The largest absolute Gasteiger partial charge is 0.380 e. The first-order chi connectivity index (χ1) is 16.4. The van der Waals surface area contributed by atoms with Gasteiger partial charge in [-0.05, 0) is 41.7 Å². The number of rotatable bonds is 10. The van der Waals surface area contributed by atoms with Crippen LogP contribution in [0.1, 0.15) is 61.3 Å². The molecule has 8 nitrogen and oxygen atoms in total. The molecule has 2 heterocycles. The topological polar surface area (TPSA) is 109 Å². The average molecular weight is 461 g/mol. The van der Waals surface area contributed by atoms with Gasteiger partial charge in [0.05, 0.1) is 23.7 Å². The number of aromatic nitrogens is 3. The van der Waals surface area contributed by atoms with E-state index in [0.29, 0.717) is 18.9 Å². The van der Waals surface area contributed by atoms with E-state index in [4.69, 9.17) is 14.7 Å². The summed E-state index contributed by atoms with van der Waals surface area (Å²) < 4.78 is 10.5. The van der Waals surface area contributed by atoms with Gasteiger partial charge in [0.2, 0.25) is 5.88 Å². The van der Waals surface area contributed by atoms with E-state index >= 15 is 0 Å². The predicted molar refractivity (Wildman–Crippen MR) is 137 cm³/mol. The van der Waals surface area contributed by atoms with E-state index in [0.717, 1.165) is 45.9 Å². The average Bonchev–Trinajstić information content (AvgIpc) is 3.28. The van der Waals surface area contributed by atoms with E-state index in [9.17, 15) is 0 Å². The molecule has 3 N–H and O–H groups in total. The van der Waals surface area contributed by atoms with Crippen molar-refractivity contribution in [2.45, 2.75) is 39.5 Å². The maximum absolute atomic E-state index is 8.22. The zero-order valence-electron chi connectivity index (χ0n) is 20.2. The quantitative estimate of drug-likeness (QED) is 0.262. The van der Waals surface area contributed by atoms with Crippen molar-refractivity contribution in [1.82, 2.24) is 15.1 Å². The summed E-state index contributed by atoms with van der Waals surface area (Å²) in [5.74, 6) is 0.773. The standard InChI is InChI=1S/C26H32N6O2/c1-6-18(15-33-5)12-23-21(7-2)24(29-16-28-23)13-19-9-8-10-20(11-19)30-26(27)31-25-14-22(17(3)4)32-34-25/h7-12,14,16-17H,2,6,13,15H2,1,3-5H3,(H3,27,30,31)/b18-12-. The van der Waals surface area contributed by atoms with Crippen molar-refractivity contribution in [1.29, 1.82) is 5.41 Å². The smallest absolute Gasteiger partial charge is 0.231 e. The number of ether oxygens (including phenoxy) is 1. The molecule has 0 unspecified atom stereocenters. The number of anilines is 2. The highest BCUT2D eigenvalue weighted by atomic mass is 16.5. The molecule has 0 aliphatic heterocycles. The van der Waals surface area contributed by atoms with Crippen LogP contribution in [0.15, 0.2) is 53.3 Å². The summed E-state index contributed by atoms with van der Waals surface area (Å²) >= 11 is 0. The first-order valence-corrected chi connectivity index (χ1v) is 11.3. The number of methoxy groups -OCH3 is 1. The summed E-state index contributed by atoms with van der Waals surface area (Å²) in [6.45, 7) is 10.7. The minimum atomic E-state index is 0.0927. The first kappa shape index (κ1) is 24.9. The van der Waals surface area contributed by atoms with Crippen LogP contribution in [-0.2, 0) is 11.2 Å². The second-order valence-electron chi connectivity index (χ2n) is 8.19. The molecule has 178 valence electrons. The second-order valence-corrected chi connectivity index (χ2v) is 8.19. The molecule has 0 amide bonds. The molecular formula is C26H32N6O2. The van der Waals surface area contributed by atoms with Gasteiger partial charge in [-0.2, -0.15) is 0 Å². The molecule has 0 fully saturated rings. The fourth-order valence-corrected chi connectivity index (χ4v) is 3.42. The third kappa shape index (κ3) is 6.62. The molecule has 0 aliphatic carbocycles. The number of hydrogen-bond donors (Lipinski definition) is 3. The summed E-state index contributed by atoms with van der Waals surface area (Å²) in [6, 6.07) is 9.66. The van der Waals surface area contributed by atoms with Crippen LogP contribution >= 0.6 is 0 Å². The molecule has 3 rings (SSSR count). The predicted octanol–water partition coefficient (Wildman–Crippen LogP) is 5.72. The Morgan fingerprint density at radius 1 is 1.24 bits per heavy atom. The minimum Gasteiger partial charge on any atom is -0.380 e. The summed E-state index contributed by atoms with van der Waals surface area (Å²) in [7, 11) is 1.69. The molecular weight excluding hydrogens is 428 g/mol. The van der Waals surface area contributed by atoms with Crippen LogP contribution in [0.3, 0.4) is 0 Å². The molecule has 0 atom stereocenters. The Bertz CT molecular complexity index is 1170.